The largest absolute Gasteiger partial charge is 0.384 e. The monoisotopic (exact) mass is 413 g/mol. The predicted molar refractivity (Wildman–Crippen MR) is 122 cm³/mol. The number of rotatable bonds is 5. The molecule has 3 fully saturated rings. The molecule has 2 atom stereocenters. The van der Waals surface area contributed by atoms with Gasteiger partial charge in [0.05, 0.1) is 6.10 Å². The standard InChI is InChI=1S/C28H28FNO/c29-24-13-11-21(12-14-24)26(31)19-25-20-15-17-30(18-16-20)28(25)27(22-7-3-1-4-8-22)23-9-5-2-6-10-23/h1-14,19-20,26-28,31H,15-18H2/b25-19+. The third-order valence-corrected chi connectivity index (χ3v) is 6.93. The number of nitrogens with zero attached hydrogens (tertiary/aromatic N) is 1. The summed E-state index contributed by atoms with van der Waals surface area (Å²) in [4.78, 5) is 2.59. The van der Waals surface area contributed by atoms with Crippen LogP contribution in [0, 0.1) is 11.7 Å². The molecule has 0 saturated carbocycles. The molecule has 0 aliphatic carbocycles. The molecule has 3 aromatic carbocycles. The highest BCUT2D eigenvalue weighted by atomic mass is 19.1. The van der Waals surface area contributed by atoms with Gasteiger partial charge >= 0.3 is 0 Å². The van der Waals surface area contributed by atoms with Gasteiger partial charge in [0.25, 0.3) is 0 Å². The molecule has 0 spiro atoms. The van der Waals surface area contributed by atoms with E-state index in [9.17, 15) is 9.50 Å². The van der Waals surface area contributed by atoms with Crippen molar-refractivity contribution in [3.63, 3.8) is 0 Å². The number of piperidine rings is 3. The highest BCUT2D eigenvalue weighted by molar-refractivity contribution is 5.41. The molecule has 2 bridgehead atoms. The molecule has 2 nitrogen and oxygen atoms in total. The summed E-state index contributed by atoms with van der Waals surface area (Å²) in [6.45, 7) is 2.19. The van der Waals surface area contributed by atoms with Gasteiger partial charge in [-0.1, -0.05) is 84.4 Å². The van der Waals surface area contributed by atoms with E-state index in [1.807, 2.05) is 6.08 Å². The van der Waals surface area contributed by atoms with Crippen molar-refractivity contribution in [2.75, 3.05) is 13.1 Å². The van der Waals surface area contributed by atoms with E-state index in [0.29, 0.717) is 5.92 Å². The number of halogens is 1. The quantitative estimate of drug-likeness (QED) is 0.542. The summed E-state index contributed by atoms with van der Waals surface area (Å²) in [7, 11) is 0. The molecular weight excluding hydrogens is 385 g/mol. The minimum absolute atomic E-state index is 0.206. The zero-order chi connectivity index (χ0) is 21.2. The van der Waals surface area contributed by atoms with Crippen LogP contribution in [-0.4, -0.2) is 29.1 Å². The van der Waals surface area contributed by atoms with Crippen molar-refractivity contribution in [1.82, 2.24) is 4.90 Å². The van der Waals surface area contributed by atoms with Crippen LogP contribution in [0.4, 0.5) is 4.39 Å². The van der Waals surface area contributed by atoms with E-state index in [2.05, 4.69) is 65.6 Å². The Morgan fingerprint density at radius 3 is 1.87 bits per heavy atom. The lowest BCUT2D eigenvalue weighted by atomic mass is 9.70. The molecule has 3 aliphatic rings. The second-order valence-electron chi connectivity index (χ2n) is 8.72. The molecule has 3 saturated heterocycles. The zero-order valence-electron chi connectivity index (χ0n) is 17.6. The Bertz CT molecular complexity index is 984. The van der Waals surface area contributed by atoms with E-state index < -0.39 is 6.10 Å². The lowest BCUT2D eigenvalue weighted by molar-refractivity contribution is 0.0908. The topological polar surface area (TPSA) is 23.5 Å². The highest BCUT2D eigenvalue weighted by Gasteiger charge is 2.42. The summed E-state index contributed by atoms with van der Waals surface area (Å²) in [5, 5.41) is 11.0. The van der Waals surface area contributed by atoms with E-state index in [0.717, 1.165) is 31.5 Å². The third kappa shape index (κ3) is 4.08. The van der Waals surface area contributed by atoms with Crippen molar-refractivity contribution < 1.29 is 9.50 Å². The Kier molecular flexibility index (Phi) is 5.71. The maximum Gasteiger partial charge on any atom is 0.123 e. The van der Waals surface area contributed by atoms with Crippen LogP contribution in [0.2, 0.25) is 0 Å². The highest BCUT2D eigenvalue weighted by Crippen LogP contribution is 2.45. The van der Waals surface area contributed by atoms with E-state index in [1.165, 1.54) is 28.8 Å². The van der Waals surface area contributed by atoms with E-state index in [4.69, 9.17) is 0 Å². The molecule has 0 radical (unpaired) electrons. The van der Waals surface area contributed by atoms with E-state index in [1.54, 1.807) is 12.1 Å². The third-order valence-electron chi connectivity index (χ3n) is 6.93. The summed E-state index contributed by atoms with van der Waals surface area (Å²) < 4.78 is 13.4. The van der Waals surface area contributed by atoms with Crippen LogP contribution in [0.3, 0.4) is 0 Å². The van der Waals surface area contributed by atoms with Crippen LogP contribution in [0.15, 0.2) is 96.6 Å². The number of aliphatic hydroxyl groups is 1. The zero-order valence-corrected chi connectivity index (χ0v) is 17.6. The van der Waals surface area contributed by atoms with Gasteiger partial charge in [0.15, 0.2) is 0 Å². The summed E-state index contributed by atoms with van der Waals surface area (Å²) >= 11 is 0. The van der Waals surface area contributed by atoms with Gasteiger partial charge in [0, 0.05) is 12.0 Å². The van der Waals surface area contributed by atoms with Crippen molar-refractivity contribution in [1.29, 1.82) is 0 Å². The van der Waals surface area contributed by atoms with E-state index in [-0.39, 0.29) is 17.8 Å². The Balaban J connectivity index is 1.59. The van der Waals surface area contributed by atoms with Crippen LogP contribution in [0.1, 0.15) is 41.6 Å². The molecule has 2 unspecified atom stereocenters. The average molecular weight is 414 g/mol. The lowest BCUT2D eigenvalue weighted by Crippen LogP contribution is -2.53. The molecule has 0 aromatic heterocycles. The molecule has 3 heteroatoms. The fourth-order valence-electron chi connectivity index (χ4n) is 5.42. The minimum atomic E-state index is -0.731. The fraction of sp³-hybridized carbons (Fsp3) is 0.286. The molecular formula is C28H28FNO. The predicted octanol–water partition coefficient (Wildman–Crippen LogP) is 5.71. The van der Waals surface area contributed by atoms with Crippen molar-refractivity contribution in [2.24, 2.45) is 5.92 Å². The average Bonchev–Trinajstić information content (AvgIpc) is 2.83. The molecule has 31 heavy (non-hydrogen) atoms. The van der Waals surface area contributed by atoms with Crippen molar-refractivity contribution in [3.05, 3.63) is 119 Å². The van der Waals surface area contributed by atoms with Crippen molar-refractivity contribution in [2.45, 2.75) is 30.9 Å². The van der Waals surface area contributed by atoms with Gasteiger partial charge in [-0.2, -0.15) is 0 Å². The SMILES string of the molecule is OC(/C=C1\C2CCN(CC2)C1C(c1ccccc1)c1ccccc1)c1ccc(F)cc1. The first-order valence-corrected chi connectivity index (χ1v) is 11.2. The van der Waals surface area contributed by atoms with Gasteiger partial charge in [-0.25, -0.2) is 4.39 Å². The fourth-order valence-corrected chi connectivity index (χ4v) is 5.42. The summed E-state index contributed by atoms with van der Waals surface area (Å²) in [6, 6.07) is 27.8. The lowest BCUT2D eigenvalue weighted by Gasteiger charge is -2.51. The van der Waals surface area contributed by atoms with Crippen LogP contribution in [0.5, 0.6) is 0 Å². The summed E-state index contributed by atoms with van der Waals surface area (Å²) in [6.07, 6.45) is 3.59. The summed E-state index contributed by atoms with van der Waals surface area (Å²) in [5.41, 5.74) is 4.66. The first kappa shape index (κ1) is 20.2. The van der Waals surface area contributed by atoms with Crippen LogP contribution >= 0.6 is 0 Å². The molecule has 158 valence electrons. The van der Waals surface area contributed by atoms with Gasteiger partial charge in [0.2, 0.25) is 0 Å². The Hall–Kier alpha value is -2.75. The maximum absolute atomic E-state index is 13.4. The van der Waals surface area contributed by atoms with Crippen LogP contribution < -0.4 is 0 Å². The Morgan fingerprint density at radius 2 is 1.32 bits per heavy atom. The van der Waals surface area contributed by atoms with Gasteiger partial charge in [0.1, 0.15) is 5.82 Å². The van der Waals surface area contributed by atoms with Crippen LogP contribution in [0.25, 0.3) is 0 Å². The first-order chi connectivity index (χ1) is 15.2. The molecule has 3 aliphatic heterocycles. The van der Waals surface area contributed by atoms with Gasteiger partial charge < -0.3 is 5.11 Å². The Morgan fingerprint density at radius 1 is 0.774 bits per heavy atom. The molecule has 6 rings (SSSR count). The second kappa shape index (κ2) is 8.78. The van der Waals surface area contributed by atoms with Gasteiger partial charge in [-0.15, -0.1) is 0 Å². The molecule has 3 aromatic rings. The van der Waals surface area contributed by atoms with E-state index >= 15 is 0 Å². The Labute approximate surface area is 183 Å². The summed E-state index contributed by atoms with van der Waals surface area (Å²) in [5.74, 6) is 0.412. The number of hydrogen-bond acceptors (Lipinski definition) is 2. The number of benzene rings is 3. The molecule has 3 heterocycles. The second-order valence-corrected chi connectivity index (χ2v) is 8.72. The van der Waals surface area contributed by atoms with Crippen LogP contribution in [-0.2, 0) is 0 Å². The smallest absolute Gasteiger partial charge is 0.123 e. The normalized spacial score (nSPS) is 25.1. The van der Waals surface area contributed by atoms with Crippen molar-refractivity contribution >= 4 is 0 Å². The molecule has 0 amide bonds. The maximum atomic E-state index is 13.4. The first-order valence-electron chi connectivity index (χ1n) is 11.2. The minimum Gasteiger partial charge on any atom is -0.384 e. The van der Waals surface area contributed by atoms with Crippen molar-refractivity contribution in [3.8, 4) is 0 Å². The number of fused-ring (bicyclic) bond motifs is 3. The number of aliphatic hydroxyl groups excluding tert-OH is 1. The van der Waals surface area contributed by atoms with Gasteiger partial charge in [-0.05, 0) is 60.7 Å². The number of hydrogen-bond donors (Lipinski definition) is 1. The van der Waals surface area contributed by atoms with Gasteiger partial charge in [-0.3, -0.25) is 4.90 Å². The molecule has 1 N–H and O–H groups in total.